The van der Waals surface area contributed by atoms with Gasteiger partial charge in [-0.25, -0.2) is 4.79 Å². The lowest BCUT2D eigenvalue weighted by Crippen LogP contribution is -2.44. The first-order valence-corrected chi connectivity index (χ1v) is 9.29. The molecule has 1 saturated heterocycles. The third-order valence-electron chi connectivity index (χ3n) is 4.55. The van der Waals surface area contributed by atoms with Gasteiger partial charge in [0.05, 0.1) is 26.4 Å². The summed E-state index contributed by atoms with van der Waals surface area (Å²) in [7, 11) is 1.65. The Labute approximate surface area is 164 Å². The SMILES string of the molecule is COc1ccc(C(CNC(=O)Nc2ccc(Cl)cc2)N2CCOCC2)cc1. The molecule has 0 aromatic heterocycles. The summed E-state index contributed by atoms with van der Waals surface area (Å²) in [5.74, 6) is 0.813. The first-order chi connectivity index (χ1) is 13.2. The lowest BCUT2D eigenvalue weighted by molar-refractivity contribution is 0.0167. The molecule has 1 heterocycles. The third-order valence-corrected chi connectivity index (χ3v) is 4.80. The van der Waals surface area contributed by atoms with Crippen LogP contribution in [-0.4, -0.2) is 50.9 Å². The molecule has 0 spiro atoms. The summed E-state index contributed by atoms with van der Waals surface area (Å²) < 4.78 is 10.7. The third kappa shape index (κ3) is 5.60. The number of methoxy groups -OCH3 is 1. The molecule has 0 saturated carbocycles. The second kappa shape index (κ2) is 9.60. The van der Waals surface area contributed by atoms with Crippen molar-refractivity contribution < 1.29 is 14.3 Å². The molecule has 6 nitrogen and oxygen atoms in total. The summed E-state index contributed by atoms with van der Waals surface area (Å²) in [4.78, 5) is 14.6. The van der Waals surface area contributed by atoms with E-state index in [4.69, 9.17) is 21.1 Å². The number of hydrogen-bond donors (Lipinski definition) is 2. The minimum absolute atomic E-state index is 0.0655. The van der Waals surface area contributed by atoms with Crippen LogP contribution in [0.5, 0.6) is 5.75 Å². The molecule has 0 bridgehead atoms. The maximum absolute atomic E-state index is 12.3. The number of ether oxygens (including phenoxy) is 2. The van der Waals surface area contributed by atoms with Crippen LogP contribution in [0, 0.1) is 0 Å². The fraction of sp³-hybridized carbons (Fsp3) is 0.350. The van der Waals surface area contributed by atoms with Crippen LogP contribution in [0.2, 0.25) is 5.02 Å². The Balaban J connectivity index is 1.64. The van der Waals surface area contributed by atoms with Gasteiger partial charge in [-0.15, -0.1) is 0 Å². The minimum atomic E-state index is -0.246. The topological polar surface area (TPSA) is 62.8 Å². The van der Waals surface area contributed by atoms with E-state index in [1.54, 1.807) is 31.4 Å². The molecule has 2 N–H and O–H groups in total. The van der Waals surface area contributed by atoms with Gasteiger partial charge in [0, 0.05) is 30.3 Å². The van der Waals surface area contributed by atoms with Crippen molar-refractivity contribution in [2.24, 2.45) is 0 Å². The number of nitrogens with zero attached hydrogens (tertiary/aromatic N) is 1. The second-order valence-electron chi connectivity index (χ2n) is 6.28. The Kier molecular flexibility index (Phi) is 6.92. The number of benzene rings is 2. The molecule has 3 rings (SSSR count). The molecule has 1 aliphatic heterocycles. The zero-order valence-corrected chi connectivity index (χ0v) is 16.0. The van der Waals surface area contributed by atoms with Crippen LogP contribution in [0.25, 0.3) is 0 Å². The summed E-state index contributed by atoms with van der Waals surface area (Å²) >= 11 is 5.87. The van der Waals surface area contributed by atoms with E-state index in [9.17, 15) is 4.79 Å². The number of hydrogen-bond acceptors (Lipinski definition) is 4. The van der Waals surface area contributed by atoms with Crippen molar-refractivity contribution in [3.05, 3.63) is 59.1 Å². The minimum Gasteiger partial charge on any atom is -0.497 e. The molecular weight excluding hydrogens is 366 g/mol. The standard InChI is InChI=1S/C20H24ClN3O3/c1-26-18-8-2-15(3-9-18)19(24-10-12-27-13-11-24)14-22-20(25)23-17-6-4-16(21)5-7-17/h2-9,19H,10-14H2,1H3,(H2,22,23,25). The first kappa shape index (κ1) is 19.5. The predicted molar refractivity (Wildman–Crippen MR) is 107 cm³/mol. The van der Waals surface area contributed by atoms with Crippen molar-refractivity contribution in [3.8, 4) is 5.75 Å². The highest BCUT2D eigenvalue weighted by molar-refractivity contribution is 6.30. The van der Waals surface area contributed by atoms with Crippen molar-refractivity contribution in [2.45, 2.75) is 6.04 Å². The largest absolute Gasteiger partial charge is 0.497 e. The normalized spacial score (nSPS) is 15.8. The summed E-state index contributed by atoms with van der Waals surface area (Å²) in [6.07, 6.45) is 0. The molecule has 2 aromatic carbocycles. The molecule has 27 heavy (non-hydrogen) atoms. The number of carbonyl (C=O) groups excluding carboxylic acids is 1. The van der Waals surface area contributed by atoms with Crippen LogP contribution >= 0.6 is 11.6 Å². The van der Waals surface area contributed by atoms with Gasteiger partial charge in [0.25, 0.3) is 0 Å². The number of anilines is 1. The number of halogens is 1. The molecule has 1 aliphatic rings. The fourth-order valence-corrected chi connectivity index (χ4v) is 3.20. The molecule has 2 aromatic rings. The molecular formula is C20H24ClN3O3. The summed E-state index contributed by atoms with van der Waals surface area (Å²) in [5.41, 5.74) is 1.83. The summed E-state index contributed by atoms with van der Waals surface area (Å²) in [5, 5.41) is 6.43. The number of carbonyl (C=O) groups is 1. The van der Waals surface area contributed by atoms with Crippen LogP contribution in [0.1, 0.15) is 11.6 Å². The van der Waals surface area contributed by atoms with Gasteiger partial charge >= 0.3 is 6.03 Å². The van der Waals surface area contributed by atoms with Crippen molar-refractivity contribution >= 4 is 23.3 Å². The van der Waals surface area contributed by atoms with E-state index >= 15 is 0 Å². The molecule has 144 valence electrons. The molecule has 0 aliphatic carbocycles. The number of nitrogens with one attached hydrogen (secondary N) is 2. The highest BCUT2D eigenvalue weighted by Crippen LogP contribution is 2.23. The smallest absolute Gasteiger partial charge is 0.319 e. The van der Waals surface area contributed by atoms with Gasteiger partial charge in [0.15, 0.2) is 0 Å². The van der Waals surface area contributed by atoms with Gasteiger partial charge in [-0.05, 0) is 42.0 Å². The zero-order valence-electron chi connectivity index (χ0n) is 15.3. The van der Waals surface area contributed by atoms with Crippen LogP contribution in [0.3, 0.4) is 0 Å². The number of amides is 2. The number of rotatable bonds is 6. The molecule has 0 radical (unpaired) electrons. The van der Waals surface area contributed by atoms with E-state index in [-0.39, 0.29) is 12.1 Å². The average Bonchev–Trinajstić information content (AvgIpc) is 2.71. The lowest BCUT2D eigenvalue weighted by Gasteiger charge is -2.35. The van der Waals surface area contributed by atoms with E-state index in [1.165, 1.54) is 0 Å². The average molecular weight is 390 g/mol. The fourth-order valence-electron chi connectivity index (χ4n) is 3.07. The van der Waals surface area contributed by atoms with E-state index in [0.29, 0.717) is 30.5 Å². The predicted octanol–water partition coefficient (Wildman–Crippen LogP) is 3.54. The second-order valence-corrected chi connectivity index (χ2v) is 6.72. The molecule has 1 fully saturated rings. The highest BCUT2D eigenvalue weighted by Gasteiger charge is 2.23. The van der Waals surface area contributed by atoms with Gasteiger partial charge in [-0.3, -0.25) is 4.90 Å². The Morgan fingerprint density at radius 2 is 1.81 bits per heavy atom. The monoisotopic (exact) mass is 389 g/mol. The number of morpholine rings is 1. The van der Waals surface area contributed by atoms with Gasteiger partial charge in [0.2, 0.25) is 0 Å². The first-order valence-electron chi connectivity index (χ1n) is 8.92. The Bertz CT molecular complexity index is 731. The summed E-state index contributed by atoms with van der Waals surface area (Å²) in [6, 6.07) is 14.8. The van der Waals surface area contributed by atoms with E-state index in [1.807, 2.05) is 24.3 Å². The zero-order chi connectivity index (χ0) is 19.1. The summed E-state index contributed by atoms with van der Waals surface area (Å²) in [6.45, 7) is 3.55. The Morgan fingerprint density at radius 3 is 2.44 bits per heavy atom. The maximum atomic E-state index is 12.3. The lowest BCUT2D eigenvalue weighted by atomic mass is 10.0. The Hall–Kier alpha value is -2.28. The van der Waals surface area contributed by atoms with Gasteiger partial charge in [0.1, 0.15) is 5.75 Å². The van der Waals surface area contributed by atoms with Gasteiger partial charge in [-0.2, -0.15) is 0 Å². The Morgan fingerprint density at radius 1 is 1.15 bits per heavy atom. The van der Waals surface area contributed by atoms with Gasteiger partial charge < -0.3 is 20.1 Å². The highest BCUT2D eigenvalue weighted by atomic mass is 35.5. The molecule has 1 atom stereocenters. The molecule has 1 unspecified atom stereocenters. The van der Waals surface area contributed by atoms with Crippen molar-refractivity contribution in [2.75, 3.05) is 45.3 Å². The number of urea groups is 1. The molecule has 2 amide bonds. The van der Waals surface area contributed by atoms with Crippen LogP contribution < -0.4 is 15.4 Å². The quantitative estimate of drug-likeness (QED) is 0.793. The van der Waals surface area contributed by atoms with E-state index < -0.39 is 0 Å². The van der Waals surface area contributed by atoms with Crippen molar-refractivity contribution in [1.29, 1.82) is 0 Å². The van der Waals surface area contributed by atoms with Crippen molar-refractivity contribution in [1.82, 2.24) is 10.2 Å². The van der Waals surface area contributed by atoms with E-state index in [2.05, 4.69) is 15.5 Å². The van der Waals surface area contributed by atoms with Gasteiger partial charge in [-0.1, -0.05) is 23.7 Å². The van der Waals surface area contributed by atoms with Crippen LogP contribution in [0.15, 0.2) is 48.5 Å². The maximum Gasteiger partial charge on any atom is 0.319 e. The van der Waals surface area contributed by atoms with E-state index in [0.717, 1.165) is 24.4 Å². The molecule has 7 heteroatoms. The van der Waals surface area contributed by atoms with Crippen LogP contribution in [-0.2, 0) is 4.74 Å². The van der Waals surface area contributed by atoms with Crippen molar-refractivity contribution in [3.63, 3.8) is 0 Å². The van der Waals surface area contributed by atoms with Crippen LogP contribution in [0.4, 0.5) is 10.5 Å².